The van der Waals surface area contributed by atoms with Crippen molar-refractivity contribution in [3.63, 3.8) is 0 Å². The molecule has 0 saturated carbocycles. The molecule has 0 radical (unpaired) electrons. The number of ether oxygens (including phenoxy) is 1. The first-order valence-corrected chi connectivity index (χ1v) is 9.60. The van der Waals surface area contributed by atoms with Crippen molar-refractivity contribution in [1.82, 2.24) is 9.80 Å². The first-order valence-electron chi connectivity index (χ1n) is 9.60. The summed E-state index contributed by atoms with van der Waals surface area (Å²) in [6.07, 6.45) is 0. The molecule has 3 rings (SSSR count). The van der Waals surface area contributed by atoms with Gasteiger partial charge in [0, 0.05) is 43.5 Å². The second-order valence-corrected chi connectivity index (χ2v) is 7.61. The summed E-state index contributed by atoms with van der Waals surface area (Å²) in [5.74, 6) is 0.391. The summed E-state index contributed by atoms with van der Waals surface area (Å²) in [7, 11) is 0. The lowest BCUT2D eigenvalue weighted by Gasteiger charge is -2.44. The molecule has 0 bridgehead atoms. The Labute approximate surface area is 165 Å². The molecule has 1 saturated heterocycles. The zero-order valence-corrected chi connectivity index (χ0v) is 16.7. The molecular formula is C22H28FN3O2. The van der Waals surface area contributed by atoms with E-state index < -0.39 is 0 Å². The summed E-state index contributed by atoms with van der Waals surface area (Å²) < 4.78 is 18.8. The lowest BCUT2D eigenvalue weighted by atomic mass is 10.1. The van der Waals surface area contributed by atoms with Crippen molar-refractivity contribution in [2.75, 3.05) is 25.4 Å². The van der Waals surface area contributed by atoms with Gasteiger partial charge < -0.3 is 15.4 Å². The Morgan fingerprint density at radius 3 is 2.57 bits per heavy atom. The minimum Gasteiger partial charge on any atom is -0.483 e. The van der Waals surface area contributed by atoms with E-state index in [1.165, 1.54) is 12.1 Å². The van der Waals surface area contributed by atoms with Gasteiger partial charge in [0.15, 0.2) is 6.61 Å². The molecule has 5 nitrogen and oxygen atoms in total. The van der Waals surface area contributed by atoms with Crippen LogP contribution < -0.4 is 10.5 Å². The maximum atomic E-state index is 13.1. The average Bonchev–Trinajstić information content (AvgIpc) is 2.66. The molecule has 2 aromatic carbocycles. The second-order valence-electron chi connectivity index (χ2n) is 7.61. The number of anilines is 1. The van der Waals surface area contributed by atoms with Gasteiger partial charge in [0.25, 0.3) is 5.91 Å². The summed E-state index contributed by atoms with van der Waals surface area (Å²) >= 11 is 0. The van der Waals surface area contributed by atoms with Gasteiger partial charge in [0.1, 0.15) is 11.6 Å². The Morgan fingerprint density at radius 1 is 1.14 bits per heavy atom. The fraction of sp³-hybridized carbons (Fsp3) is 0.409. The summed E-state index contributed by atoms with van der Waals surface area (Å²) in [4.78, 5) is 16.9. The first-order chi connectivity index (χ1) is 13.3. The highest BCUT2D eigenvalue weighted by molar-refractivity contribution is 5.78. The van der Waals surface area contributed by atoms with E-state index in [2.05, 4.69) is 11.8 Å². The molecular weight excluding hydrogens is 357 g/mol. The number of piperazine rings is 1. The third kappa shape index (κ3) is 4.81. The molecule has 2 aromatic rings. The Balaban J connectivity index is 1.57. The second kappa shape index (κ2) is 8.61. The maximum absolute atomic E-state index is 13.1. The van der Waals surface area contributed by atoms with Crippen LogP contribution in [0.3, 0.4) is 0 Å². The van der Waals surface area contributed by atoms with Crippen LogP contribution in [0.5, 0.6) is 5.75 Å². The Hall–Kier alpha value is -2.60. The first kappa shape index (κ1) is 20.1. The molecule has 2 N–H and O–H groups in total. The maximum Gasteiger partial charge on any atom is 0.260 e. The van der Waals surface area contributed by atoms with Crippen molar-refractivity contribution >= 4 is 11.6 Å². The number of aryl methyl sites for hydroxylation is 1. The molecule has 1 aliphatic rings. The monoisotopic (exact) mass is 385 g/mol. The largest absolute Gasteiger partial charge is 0.483 e. The van der Waals surface area contributed by atoms with Crippen LogP contribution in [0.1, 0.15) is 25.0 Å². The number of nitrogens with zero attached hydrogens (tertiary/aromatic N) is 2. The highest BCUT2D eigenvalue weighted by Crippen LogP contribution is 2.22. The number of nitrogens with two attached hydrogens (primary N) is 1. The van der Waals surface area contributed by atoms with Crippen molar-refractivity contribution in [3.8, 4) is 5.75 Å². The number of halogens is 1. The van der Waals surface area contributed by atoms with Crippen LogP contribution in [0, 0.1) is 12.7 Å². The van der Waals surface area contributed by atoms with Crippen molar-refractivity contribution in [1.29, 1.82) is 0 Å². The molecule has 1 fully saturated rings. The van der Waals surface area contributed by atoms with Crippen molar-refractivity contribution in [2.24, 2.45) is 0 Å². The summed E-state index contributed by atoms with van der Waals surface area (Å²) in [5, 5.41) is 0. The van der Waals surface area contributed by atoms with Gasteiger partial charge in [0.05, 0.1) is 0 Å². The molecule has 150 valence electrons. The van der Waals surface area contributed by atoms with Crippen molar-refractivity contribution < 1.29 is 13.9 Å². The van der Waals surface area contributed by atoms with Gasteiger partial charge in [-0.15, -0.1) is 0 Å². The van der Waals surface area contributed by atoms with Crippen LogP contribution in [-0.4, -0.2) is 47.5 Å². The van der Waals surface area contributed by atoms with E-state index in [1.54, 1.807) is 6.07 Å². The van der Waals surface area contributed by atoms with E-state index in [4.69, 9.17) is 10.5 Å². The third-order valence-electron chi connectivity index (χ3n) is 5.30. The predicted octanol–water partition coefficient (Wildman–Crippen LogP) is 3.22. The number of hydrogen-bond donors (Lipinski definition) is 1. The molecule has 0 aromatic heterocycles. The average molecular weight is 385 g/mol. The normalized spacial score (nSPS) is 20.2. The van der Waals surface area contributed by atoms with Gasteiger partial charge in [-0.3, -0.25) is 9.69 Å². The quantitative estimate of drug-likeness (QED) is 0.803. The predicted molar refractivity (Wildman–Crippen MR) is 109 cm³/mol. The number of amides is 1. The van der Waals surface area contributed by atoms with Gasteiger partial charge in [-0.2, -0.15) is 0 Å². The van der Waals surface area contributed by atoms with E-state index in [-0.39, 0.29) is 30.4 Å². The van der Waals surface area contributed by atoms with Crippen molar-refractivity contribution in [2.45, 2.75) is 39.4 Å². The van der Waals surface area contributed by atoms with Crippen LogP contribution in [0.2, 0.25) is 0 Å². The molecule has 1 amide bonds. The van der Waals surface area contributed by atoms with Crippen LogP contribution >= 0.6 is 0 Å². The van der Waals surface area contributed by atoms with Crippen LogP contribution in [0.15, 0.2) is 42.5 Å². The van der Waals surface area contributed by atoms with E-state index in [9.17, 15) is 9.18 Å². The van der Waals surface area contributed by atoms with Gasteiger partial charge in [-0.25, -0.2) is 4.39 Å². The molecule has 6 heteroatoms. The van der Waals surface area contributed by atoms with Gasteiger partial charge >= 0.3 is 0 Å². The lowest BCUT2D eigenvalue weighted by Crippen LogP contribution is -2.58. The third-order valence-corrected chi connectivity index (χ3v) is 5.30. The van der Waals surface area contributed by atoms with E-state index in [0.717, 1.165) is 24.2 Å². The molecule has 1 heterocycles. The van der Waals surface area contributed by atoms with Gasteiger partial charge in [-0.1, -0.05) is 18.2 Å². The molecule has 0 unspecified atom stereocenters. The van der Waals surface area contributed by atoms with E-state index >= 15 is 0 Å². The molecule has 28 heavy (non-hydrogen) atoms. The molecule has 1 aliphatic heterocycles. The minimum absolute atomic E-state index is 0.000679. The van der Waals surface area contributed by atoms with E-state index in [1.807, 2.05) is 43.0 Å². The van der Waals surface area contributed by atoms with Gasteiger partial charge in [-0.05, 0) is 50.1 Å². The Kier molecular flexibility index (Phi) is 6.19. The Morgan fingerprint density at radius 2 is 1.86 bits per heavy atom. The number of benzene rings is 2. The minimum atomic E-state index is -0.226. The SMILES string of the molecule is Cc1ccc(N)cc1OCC(=O)N1C[C@@H](C)N(Cc2ccc(F)cc2)C[C@@H]1C. The van der Waals surface area contributed by atoms with E-state index in [0.29, 0.717) is 18.0 Å². The zero-order valence-electron chi connectivity index (χ0n) is 16.7. The fourth-order valence-electron chi connectivity index (χ4n) is 3.58. The molecule has 0 aliphatic carbocycles. The number of nitrogen functional groups attached to an aromatic ring is 1. The topological polar surface area (TPSA) is 58.8 Å². The number of carbonyl (C=O) groups excluding carboxylic acids is 1. The number of rotatable bonds is 5. The molecule has 0 spiro atoms. The number of carbonyl (C=O) groups is 1. The van der Waals surface area contributed by atoms with Crippen LogP contribution in [0.4, 0.5) is 10.1 Å². The fourth-order valence-corrected chi connectivity index (χ4v) is 3.58. The van der Waals surface area contributed by atoms with Crippen molar-refractivity contribution in [3.05, 3.63) is 59.4 Å². The molecule has 2 atom stereocenters. The van der Waals surface area contributed by atoms with Gasteiger partial charge in [0.2, 0.25) is 0 Å². The van der Waals surface area contributed by atoms with Crippen LogP contribution in [-0.2, 0) is 11.3 Å². The van der Waals surface area contributed by atoms with Crippen LogP contribution in [0.25, 0.3) is 0 Å². The summed E-state index contributed by atoms with van der Waals surface area (Å²) in [6.45, 7) is 8.23. The zero-order chi connectivity index (χ0) is 20.3. The highest BCUT2D eigenvalue weighted by atomic mass is 19.1. The highest BCUT2D eigenvalue weighted by Gasteiger charge is 2.32. The lowest BCUT2D eigenvalue weighted by molar-refractivity contribution is -0.139. The Bertz CT molecular complexity index is 825. The summed E-state index contributed by atoms with van der Waals surface area (Å²) in [5.41, 5.74) is 8.44. The number of hydrogen-bond acceptors (Lipinski definition) is 4. The summed E-state index contributed by atoms with van der Waals surface area (Å²) in [6, 6.07) is 12.3. The standard InChI is InChI=1S/C22H28FN3O2/c1-15-4-9-20(24)10-21(15)28-14-22(27)26-12-16(2)25(11-17(26)3)13-18-5-7-19(23)8-6-18/h4-10,16-17H,11-14,24H2,1-3H3/t16-,17+/m1/s1. The smallest absolute Gasteiger partial charge is 0.260 e.